The Bertz CT molecular complexity index is 1570. The maximum Gasteiger partial charge on any atom is 0.253 e. The van der Waals surface area contributed by atoms with Crippen LogP contribution in [0.5, 0.6) is 5.75 Å². The number of alkyl halides is 1. The van der Waals surface area contributed by atoms with Crippen LogP contribution in [-0.2, 0) is 19.1 Å². The highest BCUT2D eigenvalue weighted by atomic mass is 79.9. The molecule has 3 amide bonds. The van der Waals surface area contributed by atoms with E-state index in [1.54, 1.807) is 26.9 Å². The maximum absolute atomic E-state index is 15.2. The van der Waals surface area contributed by atoms with Crippen LogP contribution in [0.1, 0.15) is 47.5 Å². The monoisotopic (exact) mass is 764 g/mol. The summed E-state index contributed by atoms with van der Waals surface area (Å²) in [4.78, 5) is 51.7. The Morgan fingerprint density at radius 3 is 2.04 bits per heavy atom. The van der Waals surface area contributed by atoms with Gasteiger partial charge in [-0.1, -0.05) is 48.4 Å². The number of hydrogen-bond acceptors (Lipinski definition) is 7. The minimum atomic E-state index is -1.30. The van der Waals surface area contributed by atoms with E-state index < -0.39 is 35.6 Å². The number of benzene rings is 2. The number of likely N-dealkylation sites (tertiary alicyclic amines) is 1. The fourth-order valence-corrected chi connectivity index (χ4v) is 9.30. The molecule has 1 N–H and O–H groups in total. The third-order valence-corrected chi connectivity index (χ3v) is 11.8. The summed E-state index contributed by atoms with van der Waals surface area (Å²) in [6.45, 7) is 20.2. The summed E-state index contributed by atoms with van der Waals surface area (Å²) < 4.78 is 12.5. The van der Waals surface area contributed by atoms with Crippen molar-refractivity contribution in [3.63, 3.8) is 0 Å². The number of ether oxygens (including phenoxy) is 2. The molecule has 0 radical (unpaired) electrons. The predicted molar refractivity (Wildman–Crippen MR) is 206 cm³/mol. The summed E-state index contributed by atoms with van der Waals surface area (Å²) in [7, 11) is 0. The van der Waals surface area contributed by atoms with E-state index >= 15 is 4.79 Å². The fourth-order valence-electron chi connectivity index (χ4n) is 8.35. The second kappa shape index (κ2) is 16.3. The van der Waals surface area contributed by atoms with Gasteiger partial charge in [-0.3, -0.25) is 14.4 Å². The highest BCUT2D eigenvalue weighted by molar-refractivity contribution is 9.09. The van der Waals surface area contributed by atoms with Crippen LogP contribution >= 0.6 is 15.9 Å². The molecule has 3 aliphatic rings. The minimum absolute atomic E-state index is 0.127. The Morgan fingerprint density at radius 2 is 1.53 bits per heavy atom. The molecule has 1 spiro atoms. The van der Waals surface area contributed by atoms with Crippen LogP contribution in [-0.4, -0.2) is 95.7 Å². The van der Waals surface area contributed by atoms with E-state index in [9.17, 15) is 14.7 Å². The molecule has 5 rings (SSSR count). The molecule has 276 valence electrons. The van der Waals surface area contributed by atoms with Gasteiger partial charge in [0.15, 0.2) is 0 Å². The van der Waals surface area contributed by atoms with Crippen molar-refractivity contribution in [2.75, 3.05) is 54.1 Å². The normalized spacial score (nSPS) is 26.0. The van der Waals surface area contributed by atoms with E-state index in [4.69, 9.17) is 9.47 Å². The molecule has 2 aromatic rings. The lowest BCUT2D eigenvalue weighted by Gasteiger charge is -2.41. The number of carbonyl (C=O) groups excluding carboxylic acids is 3. The van der Waals surface area contributed by atoms with Crippen LogP contribution in [0.2, 0.25) is 0 Å². The average molecular weight is 766 g/mol. The van der Waals surface area contributed by atoms with Crippen LogP contribution in [0.4, 0.5) is 17.1 Å². The Kier molecular flexibility index (Phi) is 12.4. The van der Waals surface area contributed by atoms with E-state index in [1.165, 1.54) is 0 Å². The predicted octanol–water partition coefficient (Wildman–Crippen LogP) is 5.82. The third-order valence-electron chi connectivity index (χ3n) is 11.0. The number of fused-ring (bicyclic) bond motifs is 1. The van der Waals surface area contributed by atoms with Gasteiger partial charge in [0.05, 0.1) is 37.2 Å². The van der Waals surface area contributed by atoms with Gasteiger partial charge in [0.25, 0.3) is 5.91 Å². The van der Waals surface area contributed by atoms with Crippen molar-refractivity contribution < 1.29 is 29.0 Å². The highest BCUT2D eigenvalue weighted by Crippen LogP contribution is 2.61. The van der Waals surface area contributed by atoms with Crippen LogP contribution in [0.3, 0.4) is 0 Å². The van der Waals surface area contributed by atoms with Gasteiger partial charge in [0.2, 0.25) is 11.8 Å². The topological polar surface area (TPSA) is 103 Å². The average Bonchev–Trinajstić information content (AvgIpc) is 3.74. The van der Waals surface area contributed by atoms with Gasteiger partial charge in [-0.25, -0.2) is 0 Å². The number of carbonyl (C=O) groups is 3. The van der Waals surface area contributed by atoms with Gasteiger partial charge in [0.1, 0.15) is 17.4 Å². The fraction of sp³-hybridized carbons (Fsp3) is 0.525. The Morgan fingerprint density at radius 1 is 0.980 bits per heavy atom. The van der Waals surface area contributed by atoms with Gasteiger partial charge >= 0.3 is 0 Å². The molecule has 3 unspecified atom stereocenters. The molecule has 0 aromatic heterocycles. The van der Waals surface area contributed by atoms with Gasteiger partial charge < -0.3 is 34.2 Å². The minimum Gasteiger partial charge on any atom is -0.494 e. The first kappa shape index (κ1) is 38.6. The number of amides is 3. The molecule has 11 heteroatoms. The maximum atomic E-state index is 15.2. The number of halogens is 1. The Hall–Kier alpha value is -3.67. The van der Waals surface area contributed by atoms with E-state index in [0.29, 0.717) is 36.6 Å². The summed E-state index contributed by atoms with van der Waals surface area (Å²) >= 11 is 3.81. The van der Waals surface area contributed by atoms with Crippen molar-refractivity contribution in [2.24, 2.45) is 17.8 Å². The van der Waals surface area contributed by atoms with E-state index in [-0.39, 0.29) is 48.2 Å². The number of aliphatic hydroxyl groups excluding tert-OH is 1. The summed E-state index contributed by atoms with van der Waals surface area (Å²) in [5.41, 5.74) is 1.05. The van der Waals surface area contributed by atoms with E-state index in [2.05, 4.69) is 47.8 Å². The second-order valence-corrected chi connectivity index (χ2v) is 14.8. The Labute approximate surface area is 311 Å². The lowest BCUT2D eigenvalue weighted by atomic mass is 9.70. The van der Waals surface area contributed by atoms with Crippen molar-refractivity contribution in [3.05, 3.63) is 73.8 Å². The largest absolute Gasteiger partial charge is 0.494 e. The molecule has 0 saturated carbocycles. The third kappa shape index (κ3) is 6.84. The SMILES string of the molecule is C=CCN(C(=O)C1N([C@@H](CO)[C@@H](C)CC)C(=O)[C@@H]2[C@H](C(=O)N(CC=C)c3ccc(OCC)cc3)[C@H]3OC12CC3Br)c1ccc(N(CC)CC)cc1. The van der Waals surface area contributed by atoms with Crippen molar-refractivity contribution in [2.45, 2.75) is 76.1 Å². The zero-order valence-corrected chi connectivity index (χ0v) is 32.1. The van der Waals surface area contributed by atoms with E-state index in [1.807, 2.05) is 69.3 Å². The first-order chi connectivity index (χ1) is 24.6. The lowest BCUT2D eigenvalue weighted by Crippen LogP contribution is -2.60. The number of anilines is 3. The molecule has 3 saturated heterocycles. The molecule has 8 atom stereocenters. The number of nitrogens with zero attached hydrogens (tertiary/aromatic N) is 4. The first-order valence-corrected chi connectivity index (χ1v) is 19.2. The summed E-state index contributed by atoms with van der Waals surface area (Å²) in [5.74, 6) is -2.19. The van der Waals surface area contributed by atoms with Crippen molar-refractivity contribution in [1.82, 2.24) is 4.90 Å². The van der Waals surface area contributed by atoms with Crippen molar-refractivity contribution in [1.29, 1.82) is 0 Å². The molecular formula is C40H53BrN4O6. The zero-order chi connectivity index (χ0) is 37.0. The number of rotatable bonds is 17. The lowest BCUT2D eigenvalue weighted by molar-refractivity contribution is -0.145. The standard InChI is InChI=1S/C40H53BrN4O6/c1-8-22-43(29-18-20-30(21-19-29)50-13-6)37(47)33-34-38(48)45(32(25-46)26(7)10-3)36(40(34)24-31(41)35(33)51-40)39(49)44(23-9-2)28-16-14-27(15-17-28)42(11-4)12-5/h8-9,14-21,26,31-36,46H,1-2,10-13,22-25H2,3-7H3/t26-,31?,32-,33-,34-,35-,36?,40?/m0/s1. The highest BCUT2D eigenvalue weighted by Gasteiger charge is 2.77. The molecule has 3 aliphatic heterocycles. The number of hydrogen-bond donors (Lipinski definition) is 1. The molecule has 10 nitrogen and oxygen atoms in total. The molecular weight excluding hydrogens is 712 g/mol. The second-order valence-electron chi connectivity index (χ2n) is 13.6. The van der Waals surface area contributed by atoms with Gasteiger partial charge in [-0.15, -0.1) is 13.2 Å². The molecule has 3 fully saturated rings. The summed E-state index contributed by atoms with van der Waals surface area (Å²) in [6.07, 6.45) is 3.71. The van der Waals surface area contributed by atoms with Crippen molar-refractivity contribution in [3.8, 4) is 5.75 Å². The van der Waals surface area contributed by atoms with Gasteiger partial charge in [-0.2, -0.15) is 0 Å². The summed E-state index contributed by atoms with van der Waals surface area (Å²) in [5, 5.41) is 10.8. The molecule has 51 heavy (non-hydrogen) atoms. The number of aliphatic hydroxyl groups is 1. The molecule has 0 aliphatic carbocycles. The van der Waals surface area contributed by atoms with Gasteiger partial charge in [0, 0.05) is 48.1 Å². The van der Waals surface area contributed by atoms with Crippen LogP contribution < -0.4 is 19.4 Å². The molecule has 3 heterocycles. The van der Waals surface area contributed by atoms with Crippen LogP contribution in [0, 0.1) is 17.8 Å². The quantitative estimate of drug-likeness (QED) is 0.160. The summed E-state index contributed by atoms with van der Waals surface area (Å²) in [6, 6.07) is 13.4. The molecule has 2 aromatic carbocycles. The van der Waals surface area contributed by atoms with E-state index in [0.717, 1.165) is 18.8 Å². The Balaban J connectivity index is 1.60. The molecule has 2 bridgehead atoms. The zero-order valence-electron chi connectivity index (χ0n) is 30.5. The van der Waals surface area contributed by atoms with Crippen LogP contribution in [0.25, 0.3) is 0 Å². The smallest absolute Gasteiger partial charge is 0.253 e. The first-order valence-electron chi connectivity index (χ1n) is 18.2. The van der Waals surface area contributed by atoms with Gasteiger partial charge in [-0.05, 0) is 81.6 Å². The van der Waals surface area contributed by atoms with Crippen molar-refractivity contribution >= 4 is 50.7 Å². The van der Waals surface area contributed by atoms with Crippen LogP contribution in [0.15, 0.2) is 73.8 Å².